The van der Waals surface area contributed by atoms with Crippen LogP contribution in [0.3, 0.4) is 0 Å². The van der Waals surface area contributed by atoms with E-state index in [1.807, 2.05) is 0 Å². The number of rotatable bonds is 2. The number of aliphatic hydroxyl groups is 1. The summed E-state index contributed by atoms with van der Waals surface area (Å²) in [6.07, 6.45) is 0. The van der Waals surface area contributed by atoms with Gasteiger partial charge >= 0.3 is 6.03 Å². The van der Waals surface area contributed by atoms with Crippen LogP contribution in [0.15, 0.2) is 18.2 Å². The van der Waals surface area contributed by atoms with Crippen LogP contribution in [0.4, 0.5) is 10.5 Å². The fourth-order valence-electron chi connectivity index (χ4n) is 1.99. The predicted molar refractivity (Wildman–Crippen MR) is 78.4 cm³/mol. The lowest BCUT2D eigenvalue weighted by atomic mass is 10.2. The van der Waals surface area contributed by atoms with Crippen LogP contribution in [0.5, 0.6) is 5.75 Å². The maximum atomic E-state index is 12.2. The molecule has 1 saturated heterocycles. The fourth-order valence-corrected chi connectivity index (χ4v) is 1.99. The van der Waals surface area contributed by atoms with Crippen molar-refractivity contribution in [3.63, 3.8) is 0 Å². The van der Waals surface area contributed by atoms with E-state index in [0.29, 0.717) is 43.3 Å². The summed E-state index contributed by atoms with van der Waals surface area (Å²) < 4.78 is 10.5. The Morgan fingerprint density at radius 1 is 1.48 bits per heavy atom. The van der Waals surface area contributed by atoms with Crippen molar-refractivity contribution in [3.8, 4) is 17.6 Å². The highest BCUT2D eigenvalue weighted by atomic mass is 16.5. The van der Waals surface area contributed by atoms with E-state index in [9.17, 15) is 4.79 Å². The average molecular weight is 290 g/mol. The Bertz CT molecular complexity index is 557. The predicted octanol–water partition coefficient (Wildman–Crippen LogP) is 0.903. The molecule has 1 aromatic rings. The molecule has 1 aliphatic rings. The second-order valence-electron chi connectivity index (χ2n) is 4.40. The topological polar surface area (TPSA) is 71.0 Å². The quantitative estimate of drug-likeness (QED) is 0.794. The summed E-state index contributed by atoms with van der Waals surface area (Å²) in [5.41, 5.74) is 1.25. The molecule has 6 heteroatoms. The third-order valence-corrected chi connectivity index (χ3v) is 3.05. The third kappa shape index (κ3) is 4.12. The van der Waals surface area contributed by atoms with Crippen molar-refractivity contribution >= 4 is 11.7 Å². The van der Waals surface area contributed by atoms with E-state index >= 15 is 0 Å². The molecule has 2 rings (SSSR count). The zero-order valence-corrected chi connectivity index (χ0v) is 11.9. The number of morpholine rings is 1. The molecule has 6 nitrogen and oxygen atoms in total. The molecule has 1 heterocycles. The van der Waals surface area contributed by atoms with Gasteiger partial charge in [0, 0.05) is 18.7 Å². The summed E-state index contributed by atoms with van der Waals surface area (Å²) in [6.45, 7) is 2.02. The Morgan fingerprint density at radius 3 is 2.90 bits per heavy atom. The van der Waals surface area contributed by atoms with Gasteiger partial charge in [-0.2, -0.15) is 0 Å². The molecule has 21 heavy (non-hydrogen) atoms. The van der Waals surface area contributed by atoms with Gasteiger partial charge in [-0.3, -0.25) is 0 Å². The van der Waals surface area contributed by atoms with Gasteiger partial charge in [-0.05, 0) is 18.2 Å². The second kappa shape index (κ2) is 7.53. The highest BCUT2D eigenvalue weighted by molar-refractivity contribution is 5.91. The standard InChI is InChI=1S/C15H18N2O4/c1-20-14-5-4-12(3-2-8-18)11-13(14)16-15(19)17-6-9-21-10-7-17/h4-5,11,18H,6-10H2,1H3,(H,16,19). The molecule has 0 aliphatic carbocycles. The summed E-state index contributed by atoms with van der Waals surface area (Å²) in [5.74, 6) is 5.93. The van der Waals surface area contributed by atoms with Gasteiger partial charge < -0.3 is 24.8 Å². The molecule has 0 aromatic heterocycles. The number of anilines is 1. The smallest absolute Gasteiger partial charge is 0.322 e. The molecule has 112 valence electrons. The molecule has 2 amide bonds. The van der Waals surface area contributed by atoms with Crippen molar-refractivity contribution in [1.29, 1.82) is 0 Å². The van der Waals surface area contributed by atoms with Gasteiger partial charge in [0.25, 0.3) is 0 Å². The molecule has 1 fully saturated rings. The van der Waals surface area contributed by atoms with Crippen LogP contribution >= 0.6 is 0 Å². The van der Waals surface area contributed by atoms with E-state index in [0.717, 1.165) is 0 Å². The minimum atomic E-state index is -0.207. The lowest BCUT2D eigenvalue weighted by Gasteiger charge is -2.27. The zero-order valence-electron chi connectivity index (χ0n) is 11.9. The largest absolute Gasteiger partial charge is 0.495 e. The molecule has 2 N–H and O–H groups in total. The molecule has 1 aromatic carbocycles. The Labute approximate surface area is 123 Å². The van der Waals surface area contributed by atoms with Gasteiger partial charge in [-0.1, -0.05) is 11.8 Å². The number of amides is 2. The van der Waals surface area contributed by atoms with Gasteiger partial charge in [0.1, 0.15) is 12.4 Å². The fraction of sp³-hybridized carbons (Fsp3) is 0.400. The maximum absolute atomic E-state index is 12.2. The SMILES string of the molecule is COc1ccc(C#CCO)cc1NC(=O)N1CCOCC1. The molecular weight excluding hydrogens is 272 g/mol. The second-order valence-corrected chi connectivity index (χ2v) is 4.40. The molecule has 1 aliphatic heterocycles. The number of nitrogens with one attached hydrogen (secondary N) is 1. The summed E-state index contributed by atoms with van der Waals surface area (Å²) in [5, 5.41) is 11.6. The van der Waals surface area contributed by atoms with E-state index in [2.05, 4.69) is 17.2 Å². The molecular formula is C15H18N2O4. The van der Waals surface area contributed by atoms with Crippen molar-refractivity contribution in [1.82, 2.24) is 4.90 Å². The number of hydrogen-bond donors (Lipinski definition) is 2. The lowest BCUT2D eigenvalue weighted by molar-refractivity contribution is 0.0564. The highest BCUT2D eigenvalue weighted by Gasteiger charge is 2.18. The van der Waals surface area contributed by atoms with E-state index in [4.69, 9.17) is 14.6 Å². The van der Waals surface area contributed by atoms with Crippen LogP contribution in [0.2, 0.25) is 0 Å². The van der Waals surface area contributed by atoms with E-state index in [1.165, 1.54) is 0 Å². The van der Waals surface area contributed by atoms with Gasteiger partial charge in [-0.15, -0.1) is 0 Å². The van der Waals surface area contributed by atoms with Crippen molar-refractivity contribution < 1.29 is 19.4 Å². The van der Waals surface area contributed by atoms with Crippen LogP contribution in [0.25, 0.3) is 0 Å². The van der Waals surface area contributed by atoms with Crippen molar-refractivity contribution in [2.75, 3.05) is 45.3 Å². The summed E-state index contributed by atoms with van der Waals surface area (Å²) in [6, 6.07) is 5.03. The van der Waals surface area contributed by atoms with E-state index in [1.54, 1.807) is 30.2 Å². The van der Waals surface area contributed by atoms with Crippen LogP contribution in [-0.2, 0) is 4.74 Å². The minimum absolute atomic E-state index is 0.191. The normalized spacial score (nSPS) is 14.1. The van der Waals surface area contributed by atoms with Crippen molar-refractivity contribution in [3.05, 3.63) is 23.8 Å². The molecule has 0 radical (unpaired) electrons. The van der Waals surface area contributed by atoms with Crippen LogP contribution in [0.1, 0.15) is 5.56 Å². The highest BCUT2D eigenvalue weighted by Crippen LogP contribution is 2.25. The average Bonchev–Trinajstić information content (AvgIpc) is 2.54. The van der Waals surface area contributed by atoms with Gasteiger partial charge in [0.05, 0.1) is 26.0 Å². The maximum Gasteiger partial charge on any atom is 0.322 e. The molecule has 0 saturated carbocycles. The zero-order chi connectivity index (χ0) is 15.1. The number of aliphatic hydroxyl groups excluding tert-OH is 1. The van der Waals surface area contributed by atoms with Crippen LogP contribution in [-0.4, -0.2) is 56.1 Å². The summed E-state index contributed by atoms with van der Waals surface area (Å²) >= 11 is 0. The molecule has 0 unspecified atom stereocenters. The molecule has 0 atom stereocenters. The number of ether oxygens (including phenoxy) is 2. The third-order valence-electron chi connectivity index (χ3n) is 3.05. The Balaban J connectivity index is 2.14. The monoisotopic (exact) mass is 290 g/mol. The first kappa shape index (κ1) is 15.2. The Kier molecular flexibility index (Phi) is 5.43. The van der Waals surface area contributed by atoms with Crippen LogP contribution < -0.4 is 10.1 Å². The van der Waals surface area contributed by atoms with Gasteiger partial charge in [0.2, 0.25) is 0 Å². The molecule has 0 bridgehead atoms. The summed E-state index contributed by atoms with van der Waals surface area (Å²) in [7, 11) is 1.54. The van der Waals surface area contributed by atoms with Crippen LogP contribution in [0, 0.1) is 11.8 Å². The first-order chi connectivity index (χ1) is 10.2. The van der Waals surface area contributed by atoms with Crippen molar-refractivity contribution in [2.24, 2.45) is 0 Å². The van der Waals surface area contributed by atoms with E-state index in [-0.39, 0.29) is 12.6 Å². The summed E-state index contributed by atoms with van der Waals surface area (Å²) in [4.78, 5) is 13.9. The number of methoxy groups -OCH3 is 1. The number of hydrogen-bond acceptors (Lipinski definition) is 4. The number of carbonyl (C=O) groups is 1. The lowest BCUT2D eigenvalue weighted by Crippen LogP contribution is -2.43. The van der Waals surface area contributed by atoms with E-state index < -0.39 is 0 Å². The minimum Gasteiger partial charge on any atom is -0.495 e. The van der Waals surface area contributed by atoms with Crippen molar-refractivity contribution in [2.45, 2.75) is 0 Å². The number of nitrogens with zero attached hydrogens (tertiary/aromatic N) is 1. The number of carbonyl (C=O) groups excluding carboxylic acids is 1. The Morgan fingerprint density at radius 2 is 2.24 bits per heavy atom. The Hall–Kier alpha value is -2.23. The van der Waals surface area contributed by atoms with Gasteiger partial charge in [-0.25, -0.2) is 4.79 Å². The first-order valence-electron chi connectivity index (χ1n) is 6.66. The number of urea groups is 1. The number of benzene rings is 1. The van der Waals surface area contributed by atoms with Gasteiger partial charge in [0.15, 0.2) is 0 Å². The first-order valence-corrected chi connectivity index (χ1v) is 6.66. The molecule has 0 spiro atoms.